The van der Waals surface area contributed by atoms with Crippen molar-refractivity contribution in [2.75, 3.05) is 24.6 Å². The van der Waals surface area contributed by atoms with Crippen LogP contribution in [0.3, 0.4) is 0 Å². The van der Waals surface area contributed by atoms with Crippen LogP contribution >= 0.6 is 10.5 Å². The van der Waals surface area contributed by atoms with E-state index < -0.39 is 0 Å². The third kappa shape index (κ3) is 3.28. The van der Waals surface area contributed by atoms with Crippen molar-refractivity contribution in [3.8, 4) is 0 Å². The Balaban J connectivity index is 0.00000121. The van der Waals surface area contributed by atoms with Gasteiger partial charge in [0.25, 0.3) is 0 Å². The highest BCUT2D eigenvalue weighted by Crippen LogP contribution is 2.21. The molecule has 0 N–H and O–H groups in total. The second-order valence-corrected chi connectivity index (χ2v) is 6.22. The van der Waals surface area contributed by atoms with Crippen LogP contribution in [-0.4, -0.2) is 40.9 Å². The zero-order chi connectivity index (χ0) is 8.48. The fourth-order valence-corrected chi connectivity index (χ4v) is 2.52. The molecule has 1 aliphatic rings. The predicted octanol–water partition coefficient (Wildman–Crippen LogP) is 2.44. The highest BCUT2D eigenvalue weighted by atomic mass is 32.2. The van der Waals surface area contributed by atoms with Gasteiger partial charge in [0.05, 0.1) is 0 Å². The second-order valence-electron chi connectivity index (χ2n) is 4.18. The number of nitrogens with zero attached hydrogens (tertiary/aromatic N) is 1. The summed E-state index contributed by atoms with van der Waals surface area (Å²) in [5.74, 6) is 6.72. The van der Waals surface area contributed by atoms with Gasteiger partial charge in [-0.25, -0.2) is 0 Å². The van der Waals surface area contributed by atoms with Gasteiger partial charge in [-0.2, -0.15) is 10.5 Å². The molecule has 0 amide bonds. The third-order valence-corrected chi connectivity index (χ3v) is 3.77. The Hall–Kier alpha value is 0.180. The maximum absolute atomic E-state index is 4.12. The van der Waals surface area contributed by atoms with E-state index in [0.29, 0.717) is 16.0 Å². The summed E-state index contributed by atoms with van der Waals surface area (Å²) in [6.07, 6.45) is 0. The smallest absolute Gasteiger partial charge is 0.0125 e. The molecule has 0 radical (unpaired) electrons. The summed E-state index contributed by atoms with van der Waals surface area (Å²) in [6, 6.07) is 0. The van der Waals surface area contributed by atoms with Crippen molar-refractivity contribution in [1.29, 1.82) is 0 Å². The molecule has 0 aromatic rings. The Labute approximate surface area is 80.1 Å². The van der Waals surface area contributed by atoms with E-state index in [1.807, 2.05) is 0 Å². The van der Waals surface area contributed by atoms with Gasteiger partial charge in [-0.15, -0.1) is 0 Å². The van der Waals surface area contributed by atoms with Gasteiger partial charge >= 0.3 is 0 Å². The SMILES string of the molecule is C.C=S1CCN(C(C)(C)C)CC1. The van der Waals surface area contributed by atoms with Crippen LogP contribution in [0.15, 0.2) is 0 Å². The molecule has 1 saturated heterocycles. The van der Waals surface area contributed by atoms with E-state index in [9.17, 15) is 0 Å². The molecule has 0 atom stereocenters. The van der Waals surface area contributed by atoms with Crippen LogP contribution in [0.4, 0.5) is 0 Å². The average molecular weight is 189 g/mol. The molecule has 0 aromatic heterocycles. The first-order valence-electron chi connectivity index (χ1n) is 4.22. The standard InChI is InChI=1S/C9H19NS.CH4/c1-9(2,3)10-5-7-11(4)8-6-10;/h4-8H2,1-3H3;1H4. The van der Waals surface area contributed by atoms with Crippen molar-refractivity contribution >= 4 is 16.4 Å². The molecule has 1 nitrogen and oxygen atoms in total. The van der Waals surface area contributed by atoms with E-state index >= 15 is 0 Å². The Morgan fingerprint density at radius 1 is 1.17 bits per heavy atom. The first-order valence-corrected chi connectivity index (χ1v) is 5.95. The van der Waals surface area contributed by atoms with Crippen LogP contribution in [0.1, 0.15) is 28.2 Å². The summed E-state index contributed by atoms with van der Waals surface area (Å²) in [6.45, 7) is 9.37. The quantitative estimate of drug-likeness (QED) is 0.529. The van der Waals surface area contributed by atoms with Crippen molar-refractivity contribution in [1.82, 2.24) is 4.90 Å². The normalized spacial score (nSPS) is 21.9. The number of hydrogen-bond acceptors (Lipinski definition) is 1. The van der Waals surface area contributed by atoms with Crippen LogP contribution < -0.4 is 0 Å². The topological polar surface area (TPSA) is 3.24 Å². The van der Waals surface area contributed by atoms with Crippen molar-refractivity contribution in [2.45, 2.75) is 33.7 Å². The van der Waals surface area contributed by atoms with Gasteiger partial charge < -0.3 is 0 Å². The number of rotatable bonds is 0. The van der Waals surface area contributed by atoms with Crippen LogP contribution in [0.25, 0.3) is 0 Å². The van der Waals surface area contributed by atoms with E-state index in [1.54, 1.807) is 0 Å². The Morgan fingerprint density at radius 3 is 1.92 bits per heavy atom. The molecule has 1 heterocycles. The molecule has 0 aliphatic carbocycles. The Morgan fingerprint density at radius 2 is 1.58 bits per heavy atom. The molecule has 0 spiro atoms. The lowest BCUT2D eigenvalue weighted by molar-refractivity contribution is 0.153. The lowest BCUT2D eigenvalue weighted by Crippen LogP contribution is -2.46. The summed E-state index contributed by atoms with van der Waals surface area (Å²) in [4.78, 5) is 2.56. The summed E-state index contributed by atoms with van der Waals surface area (Å²) in [5.41, 5.74) is 0.366. The molecule has 1 fully saturated rings. The van der Waals surface area contributed by atoms with Crippen molar-refractivity contribution in [3.05, 3.63) is 0 Å². The van der Waals surface area contributed by atoms with Gasteiger partial charge in [-0.1, -0.05) is 13.3 Å². The van der Waals surface area contributed by atoms with E-state index in [-0.39, 0.29) is 7.43 Å². The highest BCUT2D eigenvalue weighted by Gasteiger charge is 2.23. The molecule has 0 saturated carbocycles. The number of hydrogen-bond donors (Lipinski definition) is 0. The summed E-state index contributed by atoms with van der Waals surface area (Å²) < 4.78 is 0. The molecule has 1 aliphatic heterocycles. The molecule has 0 bridgehead atoms. The first-order chi connectivity index (χ1) is 5.00. The fourth-order valence-electron chi connectivity index (χ4n) is 1.36. The van der Waals surface area contributed by atoms with Gasteiger partial charge in [-0.05, 0) is 20.8 Å². The predicted molar refractivity (Wildman–Crippen MR) is 62.5 cm³/mol. The van der Waals surface area contributed by atoms with E-state index in [4.69, 9.17) is 0 Å². The molecule has 0 aromatic carbocycles. The maximum Gasteiger partial charge on any atom is 0.0125 e. The lowest BCUT2D eigenvalue weighted by atomic mass is 10.1. The van der Waals surface area contributed by atoms with Gasteiger partial charge in [0.15, 0.2) is 0 Å². The van der Waals surface area contributed by atoms with Crippen LogP contribution in [0.2, 0.25) is 0 Å². The highest BCUT2D eigenvalue weighted by molar-refractivity contribution is 8.14. The van der Waals surface area contributed by atoms with E-state index in [1.165, 1.54) is 24.6 Å². The van der Waals surface area contributed by atoms with Crippen molar-refractivity contribution in [2.24, 2.45) is 0 Å². The van der Waals surface area contributed by atoms with Gasteiger partial charge in [0.1, 0.15) is 0 Å². The Bertz CT molecular complexity index is 148. The van der Waals surface area contributed by atoms with Crippen LogP contribution in [0, 0.1) is 0 Å². The molecule has 1 rings (SSSR count). The zero-order valence-electron chi connectivity index (χ0n) is 7.89. The Kier molecular flexibility index (Phi) is 4.49. The minimum absolute atomic E-state index is 0. The zero-order valence-corrected chi connectivity index (χ0v) is 8.71. The minimum atomic E-state index is 0. The minimum Gasteiger partial charge on any atom is -0.297 e. The third-order valence-electron chi connectivity index (χ3n) is 2.25. The molecule has 74 valence electrons. The second kappa shape index (κ2) is 4.43. The molecule has 12 heavy (non-hydrogen) atoms. The molecule has 2 heteroatoms. The monoisotopic (exact) mass is 189 g/mol. The van der Waals surface area contributed by atoms with Gasteiger partial charge in [0.2, 0.25) is 0 Å². The van der Waals surface area contributed by atoms with E-state index in [0.717, 1.165) is 0 Å². The van der Waals surface area contributed by atoms with Crippen molar-refractivity contribution < 1.29 is 0 Å². The van der Waals surface area contributed by atoms with E-state index in [2.05, 4.69) is 31.5 Å². The van der Waals surface area contributed by atoms with Crippen LogP contribution in [0.5, 0.6) is 0 Å². The summed E-state index contributed by atoms with van der Waals surface area (Å²) in [5, 5.41) is 0. The summed E-state index contributed by atoms with van der Waals surface area (Å²) in [7, 11) is 0.463. The average Bonchev–Trinajstić information content (AvgIpc) is 1.86. The first kappa shape index (κ1) is 12.2. The molecular formula is C10H23NS. The molecular weight excluding hydrogens is 166 g/mol. The fraction of sp³-hybridized carbons (Fsp3) is 0.900. The lowest BCUT2D eigenvalue weighted by Gasteiger charge is -2.39. The molecule has 0 unspecified atom stereocenters. The van der Waals surface area contributed by atoms with Crippen LogP contribution in [-0.2, 0) is 0 Å². The maximum atomic E-state index is 4.12. The van der Waals surface area contributed by atoms with Gasteiger partial charge in [0, 0.05) is 30.1 Å². The largest absolute Gasteiger partial charge is 0.297 e. The van der Waals surface area contributed by atoms with Gasteiger partial charge in [-0.3, -0.25) is 4.90 Å². The van der Waals surface area contributed by atoms with Crippen molar-refractivity contribution in [3.63, 3.8) is 0 Å². The summed E-state index contributed by atoms with van der Waals surface area (Å²) >= 11 is 0.